The Labute approximate surface area is 147 Å². The van der Waals surface area contributed by atoms with Crippen molar-refractivity contribution in [2.24, 2.45) is 11.8 Å². The van der Waals surface area contributed by atoms with Gasteiger partial charge in [-0.25, -0.2) is 0 Å². The highest BCUT2D eigenvalue weighted by Gasteiger charge is 2.24. The molecule has 24 heavy (non-hydrogen) atoms. The predicted molar refractivity (Wildman–Crippen MR) is 97.1 cm³/mol. The zero-order valence-corrected chi connectivity index (χ0v) is 15.6. The molecule has 0 aromatic heterocycles. The molecule has 1 heterocycles. The van der Waals surface area contributed by atoms with Gasteiger partial charge in [-0.1, -0.05) is 20.8 Å². The molecule has 1 N–H and O–H groups in total. The number of ether oxygens (including phenoxy) is 3. The van der Waals surface area contributed by atoms with Crippen LogP contribution in [0.5, 0.6) is 11.5 Å². The predicted octanol–water partition coefficient (Wildman–Crippen LogP) is 2.43. The van der Waals surface area contributed by atoms with Gasteiger partial charge < -0.3 is 19.1 Å². The van der Waals surface area contributed by atoms with E-state index in [1.807, 2.05) is 24.3 Å². The Morgan fingerprint density at radius 2 is 1.46 bits per heavy atom. The minimum atomic E-state index is 0.595. The van der Waals surface area contributed by atoms with Crippen LogP contribution in [0, 0.1) is 11.8 Å². The van der Waals surface area contributed by atoms with E-state index in [9.17, 15) is 0 Å². The summed E-state index contributed by atoms with van der Waals surface area (Å²) in [5, 5.41) is 0. The highest BCUT2D eigenvalue weighted by atomic mass is 16.5. The smallest absolute Gasteiger partial charge is 0.119 e. The summed E-state index contributed by atoms with van der Waals surface area (Å²) in [5.41, 5.74) is 0. The SMILES string of the molecule is CCCOc1ccc(OCCOCC[NH+]2C[C@H](C)C[C@@H](C)C2)cc1. The lowest BCUT2D eigenvalue weighted by Crippen LogP contribution is -3.14. The molecule has 0 unspecified atom stereocenters. The van der Waals surface area contributed by atoms with Crippen LogP contribution in [0.3, 0.4) is 0 Å². The number of hydrogen-bond donors (Lipinski definition) is 1. The fourth-order valence-corrected chi connectivity index (χ4v) is 3.52. The van der Waals surface area contributed by atoms with Crippen LogP contribution >= 0.6 is 0 Å². The lowest BCUT2D eigenvalue weighted by molar-refractivity contribution is -0.912. The third kappa shape index (κ3) is 7.10. The molecule has 1 aliphatic rings. The van der Waals surface area contributed by atoms with Crippen molar-refractivity contribution in [2.45, 2.75) is 33.6 Å². The van der Waals surface area contributed by atoms with E-state index in [1.54, 1.807) is 4.90 Å². The van der Waals surface area contributed by atoms with Crippen LogP contribution in [0.4, 0.5) is 0 Å². The largest absolute Gasteiger partial charge is 0.494 e. The minimum absolute atomic E-state index is 0.595. The number of benzene rings is 1. The van der Waals surface area contributed by atoms with Gasteiger partial charge in [0.25, 0.3) is 0 Å². The van der Waals surface area contributed by atoms with E-state index < -0.39 is 0 Å². The molecule has 4 nitrogen and oxygen atoms in total. The normalized spacial score (nSPS) is 23.9. The first-order valence-electron chi connectivity index (χ1n) is 9.44. The van der Waals surface area contributed by atoms with Crippen molar-refractivity contribution < 1.29 is 19.1 Å². The van der Waals surface area contributed by atoms with Gasteiger partial charge in [0.05, 0.1) is 32.9 Å². The Balaban J connectivity index is 1.53. The monoisotopic (exact) mass is 336 g/mol. The highest BCUT2D eigenvalue weighted by Crippen LogP contribution is 2.17. The summed E-state index contributed by atoms with van der Waals surface area (Å²) in [7, 11) is 0. The third-order valence-electron chi connectivity index (χ3n) is 4.47. The second kappa shape index (κ2) is 10.6. The van der Waals surface area contributed by atoms with E-state index >= 15 is 0 Å². The summed E-state index contributed by atoms with van der Waals surface area (Å²) in [6.45, 7) is 13.3. The van der Waals surface area contributed by atoms with Gasteiger partial charge >= 0.3 is 0 Å². The zero-order chi connectivity index (χ0) is 17.2. The number of piperidine rings is 1. The second-order valence-corrected chi connectivity index (χ2v) is 7.13. The second-order valence-electron chi connectivity index (χ2n) is 7.13. The first-order chi connectivity index (χ1) is 11.7. The Morgan fingerprint density at radius 1 is 0.875 bits per heavy atom. The van der Waals surface area contributed by atoms with E-state index in [2.05, 4.69) is 20.8 Å². The van der Waals surface area contributed by atoms with E-state index in [0.29, 0.717) is 13.2 Å². The summed E-state index contributed by atoms with van der Waals surface area (Å²) in [4.78, 5) is 1.69. The molecular formula is C20H34NO3+. The maximum Gasteiger partial charge on any atom is 0.119 e. The molecule has 1 fully saturated rings. The summed E-state index contributed by atoms with van der Waals surface area (Å²) in [5.74, 6) is 3.45. The Hall–Kier alpha value is -1.26. The van der Waals surface area contributed by atoms with Gasteiger partial charge in [0, 0.05) is 11.8 Å². The summed E-state index contributed by atoms with van der Waals surface area (Å²) in [6.07, 6.45) is 2.40. The lowest BCUT2D eigenvalue weighted by Gasteiger charge is -2.31. The first kappa shape index (κ1) is 19.1. The molecular weight excluding hydrogens is 302 g/mol. The van der Waals surface area contributed by atoms with E-state index in [0.717, 1.165) is 49.5 Å². The van der Waals surface area contributed by atoms with Crippen LogP contribution in [0.15, 0.2) is 24.3 Å². The Morgan fingerprint density at radius 3 is 2.04 bits per heavy atom. The average Bonchev–Trinajstić information content (AvgIpc) is 2.56. The average molecular weight is 336 g/mol. The maximum atomic E-state index is 5.73. The molecule has 0 bridgehead atoms. The van der Waals surface area contributed by atoms with E-state index in [1.165, 1.54) is 19.5 Å². The van der Waals surface area contributed by atoms with Gasteiger partial charge in [-0.2, -0.15) is 0 Å². The van der Waals surface area contributed by atoms with Crippen LogP contribution < -0.4 is 14.4 Å². The van der Waals surface area contributed by atoms with Crippen molar-refractivity contribution in [1.29, 1.82) is 0 Å². The summed E-state index contributed by atoms with van der Waals surface area (Å²) >= 11 is 0. The fraction of sp³-hybridized carbons (Fsp3) is 0.700. The summed E-state index contributed by atoms with van der Waals surface area (Å²) in [6, 6.07) is 7.80. The number of quaternary nitrogens is 1. The standard InChI is InChI=1S/C20H33NO3/c1-4-10-23-19-5-7-20(8-6-19)24-13-12-22-11-9-21-15-17(2)14-18(3)16-21/h5-8,17-18H,4,9-16H2,1-3H3/p+1/t17-,18-/m1/s1. The van der Waals surface area contributed by atoms with Gasteiger partial charge in [-0.15, -0.1) is 0 Å². The molecule has 1 saturated heterocycles. The quantitative estimate of drug-likeness (QED) is 0.666. The number of rotatable bonds is 10. The van der Waals surface area contributed by atoms with Crippen molar-refractivity contribution >= 4 is 0 Å². The minimum Gasteiger partial charge on any atom is -0.494 e. The molecule has 0 aliphatic carbocycles. The van der Waals surface area contributed by atoms with Crippen LogP contribution in [-0.2, 0) is 4.74 Å². The van der Waals surface area contributed by atoms with Crippen molar-refractivity contribution in [1.82, 2.24) is 0 Å². The molecule has 2 rings (SSSR count). The molecule has 136 valence electrons. The van der Waals surface area contributed by atoms with Crippen molar-refractivity contribution in [3.63, 3.8) is 0 Å². The number of hydrogen-bond acceptors (Lipinski definition) is 3. The molecule has 0 saturated carbocycles. The van der Waals surface area contributed by atoms with E-state index in [4.69, 9.17) is 14.2 Å². The maximum absolute atomic E-state index is 5.73. The van der Waals surface area contributed by atoms with Crippen LogP contribution in [0.1, 0.15) is 33.6 Å². The lowest BCUT2D eigenvalue weighted by atomic mass is 9.92. The van der Waals surface area contributed by atoms with Crippen molar-refractivity contribution in [3.05, 3.63) is 24.3 Å². The van der Waals surface area contributed by atoms with Gasteiger partial charge in [0.2, 0.25) is 0 Å². The third-order valence-corrected chi connectivity index (χ3v) is 4.47. The van der Waals surface area contributed by atoms with Crippen LogP contribution in [0.25, 0.3) is 0 Å². The zero-order valence-electron chi connectivity index (χ0n) is 15.6. The molecule has 2 atom stereocenters. The topological polar surface area (TPSA) is 32.1 Å². The van der Waals surface area contributed by atoms with Crippen LogP contribution in [0.2, 0.25) is 0 Å². The Bertz CT molecular complexity index is 439. The molecule has 1 aromatic rings. The molecule has 1 aliphatic heterocycles. The number of likely N-dealkylation sites (tertiary alicyclic amines) is 1. The van der Waals surface area contributed by atoms with Crippen molar-refractivity contribution in [3.8, 4) is 11.5 Å². The molecule has 4 heteroatoms. The molecule has 0 amide bonds. The van der Waals surface area contributed by atoms with E-state index in [-0.39, 0.29) is 0 Å². The molecule has 0 spiro atoms. The number of nitrogens with one attached hydrogen (secondary N) is 1. The van der Waals surface area contributed by atoms with Crippen LogP contribution in [-0.4, -0.2) is 46.1 Å². The Kier molecular flexibility index (Phi) is 8.40. The van der Waals surface area contributed by atoms with Gasteiger partial charge in [-0.05, 0) is 37.1 Å². The molecule has 1 aromatic carbocycles. The summed E-state index contributed by atoms with van der Waals surface area (Å²) < 4.78 is 17.0. The highest BCUT2D eigenvalue weighted by molar-refractivity contribution is 5.31. The fourth-order valence-electron chi connectivity index (χ4n) is 3.52. The van der Waals surface area contributed by atoms with Gasteiger partial charge in [0.1, 0.15) is 24.7 Å². The van der Waals surface area contributed by atoms with Gasteiger partial charge in [0.15, 0.2) is 0 Å². The van der Waals surface area contributed by atoms with Gasteiger partial charge in [-0.3, -0.25) is 0 Å². The van der Waals surface area contributed by atoms with Crippen molar-refractivity contribution in [2.75, 3.05) is 46.1 Å². The first-order valence-corrected chi connectivity index (χ1v) is 9.44. The molecule has 0 radical (unpaired) electrons.